The number of rotatable bonds is 4. The third kappa shape index (κ3) is 3.12. The first kappa shape index (κ1) is 10.0. The number of terminal acetylenes is 1. The molecule has 0 saturated carbocycles. The molecule has 0 amide bonds. The zero-order valence-corrected chi connectivity index (χ0v) is 7.70. The molecule has 0 aliphatic heterocycles. The zero-order chi connectivity index (χ0) is 10.2. The van der Waals surface area contributed by atoms with Gasteiger partial charge in [-0.15, -0.1) is 12.3 Å². The van der Waals surface area contributed by atoms with E-state index in [1.165, 1.54) is 12.4 Å². The summed E-state index contributed by atoms with van der Waals surface area (Å²) < 4.78 is 0. The summed E-state index contributed by atoms with van der Waals surface area (Å²) in [6.07, 6.45) is 9.72. The van der Waals surface area contributed by atoms with Gasteiger partial charge in [-0.2, -0.15) is 5.26 Å². The largest absolute Gasteiger partial charge is 0.369 e. The molecule has 0 bridgehead atoms. The van der Waals surface area contributed by atoms with Crippen LogP contribution in [0.2, 0.25) is 0 Å². The molecule has 70 valence electrons. The number of anilines is 1. The van der Waals surface area contributed by atoms with E-state index in [4.69, 9.17) is 11.7 Å². The lowest BCUT2D eigenvalue weighted by Gasteiger charge is -2.02. The van der Waals surface area contributed by atoms with Gasteiger partial charge in [0.05, 0.1) is 12.4 Å². The molecule has 0 spiro atoms. The number of hydrogen-bond acceptors (Lipinski definition) is 4. The van der Waals surface area contributed by atoms with Crippen molar-refractivity contribution in [1.82, 2.24) is 9.97 Å². The van der Waals surface area contributed by atoms with Crippen LogP contribution in [0.25, 0.3) is 0 Å². The third-order valence-corrected chi connectivity index (χ3v) is 1.57. The van der Waals surface area contributed by atoms with E-state index in [2.05, 4.69) is 21.2 Å². The molecule has 0 atom stereocenters. The molecule has 1 N–H and O–H groups in total. The van der Waals surface area contributed by atoms with Gasteiger partial charge in [-0.1, -0.05) is 0 Å². The number of aromatic nitrogens is 2. The number of nitriles is 1. The highest BCUT2D eigenvalue weighted by molar-refractivity contribution is 5.32. The van der Waals surface area contributed by atoms with Gasteiger partial charge >= 0.3 is 0 Å². The minimum absolute atomic E-state index is 0.319. The molecule has 4 nitrogen and oxygen atoms in total. The van der Waals surface area contributed by atoms with Gasteiger partial charge in [-0.3, -0.25) is 0 Å². The molecule has 0 radical (unpaired) electrons. The van der Waals surface area contributed by atoms with Crippen LogP contribution in [-0.4, -0.2) is 16.5 Å². The Bertz CT molecular complexity index is 355. The Labute approximate surface area is 83.0 Å². The summed E-state index contributed by atoms with van der Waals surface area (Å²) in [5, 5.41) is 11.5. The van der Waals surface area contributed by atoms with E-state index in [9.17, 15) is 0 Å². The van der Waals surface area contributed by atoms with Crippen LogP contribution in [0.1, 0.15) is 18.5 Å². The van der Waals surface area contributed by atoms with E-state index in [1.54, 1.807) is 0 Å². The number of hydrogen-bond donors (Lipinski definition) is 1. The number of nitrogens with one attached hydrogen (secondary N) is 1. The highest BCUT2D eigenvalue weighted by Gasteiger charge is 1.94. The predicted molar refractivity (Wildman–Crippen MR) is 53.3 cm³/mol. The van der Waals surface area contributed by atoms with Crippen molar-refractivity contribution in [2.45, 2.75) is 12.8 Å². The second-order valence-corrected chi connectivity index (χ2v) is 2.63. The number of nitrogens with zero attached hydrogens (tertiary/aromatic N) is 3. The molecule has 0 aliphatic rings. The quantitative estimate of drug-likeness (QED) is 0.566. The summed E-state index contributed by atoms with van der Waals surface area (Å²) in [4.78, 5) is 7.87. The van der Waals surface area contributed by atoms with Crippen LogP contribution >= 0.6 is 0 Å². The first-order valence-corrected chi connectivity index (χ1v) is 4.26. The van der Waals surface area contributed by atoms with Gasteiger partial charge in [0.2, 0.25) is 0 Å². The van der Waals surface area contributed by atoms with Gasteiger partial charge in [-0.25, -0.2) is 9.97 Å². The fourth-order valence-corrected chi connectivity index (χ4v) is 0.884. The van der Waals surface area contributed by atoms with Crippen molar-refractivity contribution < 1.29 is 0 Å². The minimum atomic E-state index is 0.319. The van der Waals surface area contributed by atoms with Crippen LogP contribution in [0.3, 0.4) is 0 Å². The monoisotopic (exact) mass is 186 g/mol. The Morgan fingerprint density at radius 1 is 1.43 bits per heavy atom. The van der Waals surface area contributed by atoms with Gasteiger partial charge < -0.3 is 5.32 Å². The van der Waals surface area contributed by atoms with E-state index < -0.39 is 0 Å². The van der Waals surface area contributed by atoms with Crippen LogP contribution in [0.5, 0.6) is 0 Å². The lowest BCUT2D eigenvalue weighted by Crippen LogP contribution is -2.03. The molecule has 1 rings (SSSR count). The summed E-state index contributed by atoms with van der Waals surface area (Å²) in [7, 11) is 0. The van der Waals surface area contributed by atoms with Gasteiger partial charge in [0.1, 0.15) is 11.9 Å². The van der Waals surface area contributed by atoms with Gasteiger partial charge in [0.15, 0.2) is 5.69 Å². The summed E-state index contributed by atoms with van der Waals surface area (Å²) in [6, 6.07) is 1.90. The normalized spacial score (nSPS) is 8.71. The van der Waals surface area contributed by atoms with Crippen molar-refractivity contribution in [3.05, 3.63) is 18.1 Å². The van der Waals surface area contributed by atoms with Crippen LogP contribution in [0.15, 0.2) is 12.4 Å². The van der Waals surface area contributed by atoms with Crippen molar-refractivity contribution >= 4 is 5.82 Å². The van der Waals surface area contributed by atoms with Crippen LogP contribution in [0, 0.1) is 23.7 Å². The maximum Gasteiger partial charge on any atom is 0.158 e. The predicted octanol–water partition coefficient (Wildman–Crippen LogP) is 1.17. The molecular weight excluding hydrogens is 176 g/mol. The Kier molecular flexibility index (Phi) is 3.97. The lowest BCUT2D eigenvalue weighted by molar-refractivity contribution is 0.899. The van der Waals surface area contributed by atoms with Gasteiger partial charge in [0.25, 0.3) is 0 Å². The number of unbranched alkanes of at least 4 members (excludes halogenated alkanes) is 1. The summed E-state index contributed by atoms with van der Waals surface area (Å²) in [5.41, 5.74) is 0.319. The fraction of sp³-hybridized carbons (Fsp3) is 0.300. The second kappa shape index (κ2) is 5.55. The third-order valence-electron chi connectivity index (χ3n) is 1.57. The van der Waals surface area contributed by atoms with E-state index >= 15 is 0 Å². The van der Waals surface area contributed by atoms with Crippen LogP contribution in [0.4, 0.5) is 5.82 Å². The van der Waals surface area contributed by atoms with E-state index in [1.807, 2.05) is 6.07 Å². The fourth-order valence-electron chi connectivity index (χ4n) is 0.884. The lowest BCUT2D eigenvalue weighted by atomic mass is 10.3. The zero-order valence-electron chi connectivity index (χ0n) is 7.70. The smallest absolute Gasteiger partial charge is 0.158 e. The van der Waals surface area contributed by atoms with Crippen LogP contribution in [-0.2, 0) is 0 Å². The minimum Gasteiger partial charge on any atom is -0.369 e. The molecule has 1 aromatic rings. The molecule has 1 aromatic heterocycles. The Morgan fingerprint density at radius 3 is 2.86 bits per heavy atom. The van der Waals surface area contributed by atoms with Crippen molar-refractivity contribution in [3.63, 3.8) is 0 Å². The maximum atomic E-state index is 8.48. The molecule has 14 heavy (non-hydrogen) atoms. The first-order valence-electron chi connectivity index (χ1n) is 4.26. The Balaban J connectivity index is 2.38. The van der Waals surface area contributed by atoms with Crippen molar-refractivity contribution in [2.75, 3.05) is 11.9 Å². The van der Waals surface area contributed by atoms with Gasteiger partial charge in [-0.05, 0) is 6.42 Å². The van der Waals surface area contributed by atoms with Crippen molar-refractivity contribution in [3.8, 4) is 18.4 Å². The maximum absolute atomic E-state index is 8.48. The highest BCUT2D eigenvalue weighted by atomic mass is 15.0. The molecule has 1 heterocycles. The van der Waals surface area contributed by atoms with Gasteiger partial charge in [0, 0.05) is 13.0 Å². The first-order chi connectivity index (χ1) is 6.86. The molecular formula is C10H10N4. The highest BCUT2D eigenvalue weighted by Crippen LogP contribution is 2.00. The van der Waals surface area contributed by atoms with E-state index in [0.29, 0.717) is 11.5 Å². The summed E-state index contributed by atoms with van der Waals surface area (Å²) in [5.74, 6) is 3.22. The van der Waals surface area contributed by atoms with Crippen molar-refractivity contribution in [1.29, 1.82) is 5.26 Å². The molecule has 0 fully saturated rings. The molecule has 0 aromatic carbocycles. The topological polar surface area (TPSA) is 61.6 Å². The van der Waals surface area contributed by atoms with Crippen molar-refractivity contribution in [2.24, 2.45) is 0 Å². The van der Waals surface area contributed by atoms with Crippen LogP contribution < -0.4 is 5.32 Å². The second-order valence-electron chi connectivity index (χ2n) is 2.63. The molecule has 4 heteroatoms. The Morgan fingerprint density at radius 2 is 2.29 bits per heavy atom. The SMILES string of the molecule is C#CCCCNc1cnc(C#N)cn1. The standard InChI is InChI=1S/C10H10N4/c1-2-3-4-5-12-10-8-13-9(6-11)7-14-10/h1,7-8H,3-5H2,(H,12,14). The average molecular weight is 186 g/mol. The van der Waals surface area contributed by atoms with E-state index in [-0.39, 0.29) is 0 Å². The van der Waals surface area contributed by atoms with E-state index in [0.717, 1.165) is 19.4 Å². The summed E-state index contributed by atoms with van der Waals surface area (Å²) >= 11 is 0. The molecule has 0 unspecified atom stereocenters. The molecule has 0 saturated heterocycles. The summed E-state index contributed by atoms with van der Waals surface area (Å²) in [6.45, 7) is 0.769. The Hall–Kier alpha value is -2.07. The molecule has 0 aliphatic carbocycles. The average Bonchev–Trinajstić information content (AvgIpc) is 2.25.